The Morgan fingerprint density at radius 1 is 0.800 bits per heavy atom. The summed E-state index contributed by atoms with van der Waals surface area (Å²) in [5.74, 6) is 0.653. The molecule has 0 spiro atoms. The monoisotopic (exact) mass is 521 g/mol. The van der Waals surface area contributed by atoms with Gasteiger partial charge in [0.05, 0.1) is 0 Å². The molecule has 0 atom stereocenters. The molecule has 1 aromatic carbocycles. The zero-order chi connectivity index (χ0) is 22.8. The summed E-state index contributed by atoms with van der Waals surface area (Å²) in [6, 6.07) is 8.71. The molecule has 6 nitrogen and oxygen atoms in total. The third-order valence-corrected chi connectivity index (χ3v) is 2.61. The maximum Gasteiger partial charge on any atom is 1.00 e. The molecule has 0 N–H and O–H groups in total. The van der Waals surface area contributed by atoms with E-state index in [2.05, 4.69) is 86.3 Å². The summed E-state index contributed by atoms with van der Waals surface area (Å²) in [4.78, 5) is 0. The number of benzene rings is 1. The minimum atomic E-state index is -0.0838. The molecule has 0 amide bonds. The molecule has 0 aliphatic carbocycles. The molecule has 30 heavy (non-hydrogen) atoms. The normalized spacial score (nSPS) is 10.3. The van der Waals surface area contributed by atoms with Gasteiger partial charge in [0.25, 0.3) is 0 Å². The van der Waals surface area contributed by atoms with Crippen molar-refractivity contribution in [3.63, 3.8) is 0 Å². The Labute approximate surface area is 212 Å². The van der Waals surface area contributed by atoms with Gasteiger partial charge < -0.3 is 28.5 Å². The van der Waals surface area contributed by atoms with Gasteiger partial charge in [0.15, 0.2) is 0 Å². The van der Waals surface area contributed by atoms with Gasteiger partial charge in [0.1, 0.15) is 0 Å². The summed E-state index contributed by atoms with van der Waals surface area (Å²) in [6.45, 7) is 18.4. The van der Waals surface area contributed by atoms with Crippen molar-refractivity contribution in [2.45, 2.75) is 79.3 Å². The molecule has 0 bridgehead atoms. The Morgan fingerprint density at radius 2 is 1.10 bits per heavy atom. The van der Waals surface area contributed by atoms with Gasteiger partial charge in [-0.05, 0) is 43.6 Å². The largest absolute Gasteiger partial charge is 1.00 e. The molecule has 1 aromatic rings. The Balaban J connectivity index is -0.0000000977. The Hall–Kier alpha value is -0.469. The van der Waals surface area contributed by atoms with Crippen molar-refractivity contribution in [2.24, 2.45) is 20.7 Å². The van der Waals surface area contributed by atoms with Gasteiger partial charge in [-0.25, -0.2) is 0 Å². The van der Waals surface area contributed by atoms with E-state index in [0.29, 0.717) is 5.92 Å². The van der Waals surface area contributed by atoms with Crippen molar-refractivity contribution in [1.82, 2.24) is 0 Å². The van der Waals surface area contributed by atoms with Crippen molar-refractivity contribution >= 4 is 9.69 Å². The third-order valence-electron chi connectivity index (χ3n) is 2.61. The van der Waals surface area contributed by atoms with Crippen molar-refractivity contribution in [3.05, 3.63) is 53.7 Å². The molecule has 0 radical (unpaired) electrons. The second-order valence-corrected chi connectivity index (χ2v) is 8.19. The van der Waals surface area contributed by atoms with Gasteiger partial charge >= 0.3 is 45.9 Å². The number of aryl methyl sites for hydroxylation is 1. The fourth-order valence-corrected chi connectivity index (χ4v) is 1.31. The first-order valence-corrected chi connectivity index (χ1v) is 11.3. The minimum absolute atomic E-state index is 0. The SMILES string of the molecule is C[N-]N=NC(C)(C)C.C[N-]N=NC(C)(C)C.Cc1ccc(C(C)C)cc1.[CH3-].[Cl][Ru+2].[Li+]. The molecule has 0 saturated carbocycles. The molecule has 0 heterocycles. The molecule has 0 aliphatic rings. The minimum Gasteiger partial charge on any atom is 1.00 e. The number of halogens is 1. The van der Waals surface area contributed by atoms with Crippen LogP contribution in [0, 0.1) is 14.4 Å². The zero-order valence-corrected chi connectivity index (χ0v) is 23.8. The molecule has 0 unspecified atom stereocenters. The molecule has 9 heteroatoms. The molecule has 0 aliphatic heterocycles. The van der Waals surface area contributed by atoms with Crippen molar-refractivity contribution in [2.75, 3.05) is 14.1 Å². The van der Waals surface area contributed by atoms with Gasteiger partial charge in [-0.1, -0.05) is 85.2 Å². The molecular formula is C21H41ClLiN6Ru. The fourth-order valence-electron chi connectivity index (χ4n) is 1.31. The van der Waals surface area contributed by atoms with E-state index in [1.807, 2.05) is 58.9 Å². The number of nitrogens with zero attached hydrogens (tertiary/aromatic N) is 6. The van der Waals surface area contributed by atoms with E-state index in [9.17, 15) is 0 Å². The molecule has 171 valence electrons. The molecule has 0 aromatic heterocycles. The molecule has 0 fully saturated rings. The van der Waals surface area contributed by atoms with Crippen molar-refractivity contribution in [3.8, 4) is 0 Å². The van der Waals surface area contributed by atoms with E-state index in [1.165, 1.54) is 11.1 Å². The predicted molar refractivity (Wildman–Crippen MR) is 125 cm³/mol. The van der Waals surface area contributed by atoms with Crippen LogP contribution in [0.25, 0.3) is 10.9 Å². The van der Waals surface area contributed by atoms with E-state index in [-0.39, 0.29) is 37.4 Å². The topological polar surface area (TPSA) is 77.6 Å². The second kappa shape index (κ2) is 23.2. The van der Waals surface area contributed by atoms with E-state index in [0.717, 1.165) is 0 Å². The van der Waals surface area contributed by atoms with Crippen LogP contribution in [0.4, 0.5) is 0 Å². The van der Waals surface area contributed by atoms with Gasteiger partial charge in [0, 0.05) is 0 Å². The molecule has 0 saturated heterocycles. The van der Waals surface area contributed by atoms with Crippen LogP contribution in [-0.4, -0.2) is 25.2 Å². The maximum atomic E-state index is 4.57. The molecular weight excluding hydrogens is 480 g/mol. The second-order valence-electron chi connectivity index (χ2n) is 8.19. The van der Waals surface area contributed by atoms with Gasteiger partial charge in [-0.15, -0.1) is 0 Å². The first-order chi connectivity index (χ1) is 12.8. The van der Waals surface area contributed by atoms with Crippen molar-refractivity contribution in [1.29, 1.82) is 0 Å². The average molecular weight is 521 g/mol. The zero-order valence-electron chi connectivity index (χ0n) is 21.3. The first-order valence-electron chi connectivity index (χ1n) is 9.04. The Morgan fingerprint density at radius 3 is 1.27 bits per heavy atom. The maximum absolute atomic E-state index is 4.57. The summed E-state index contributed by atoms with van der Waals surface area (Å²) in [5, 5.41) is 14.7. The summed E-state index contributed by atoms with van der Waals surface area (Å²) < 4.78 is 0. The van der Waals surface area contributed by atoms with Gasteiger partial charge in [-0.2, -0.15) is 0 Å². The number of rotatable bonds is 3. The fraction of sp³-hybridized carbons (Fsp3) is 0.667. The third kappa shape index (κ3) is 35.0. The standard InChI is InChI=1S/C10H14.2C5H12N3.CH3.ClH.Li.Ru/c1-8(2)10-6-4-9(3)5-7-10;2*1-5(2,3)7-8-6-4;;;;/h4-8H,1-3H3;2*1-4H3;1H3;1H;;/q;3*-1;;+1;+3/p-1. The van der Waals surface area contributed by atoms with Crippen LogP contribution >= 0.6 is 9.69 Å². The summed E-state index contributed by atoms with van der Waals surface area (Å²) in [5.41, 5.74) is 9.55. The quantitative estimate of drug-likeness (QED) is 0.216. The van der Waals surface area contributed by atoms with Crippen LogP contribution in [0.15, 0.2) is 44.9 Å². The average Bonchev–Trinajstić information content (AvgIpc) is 2.60. The van der Waals surface area contributed by atoms with E-state index in [1.54, 1.807) is 14.1 Å². The number of hydrogen-bond acceptors (Lipinski definition) is 4. The predicted octanol–water partition coefficient (Wildman–Crippen LogP) is 5.57. The van der Waals surface area contributed by atoms with Crippen LogP contribution in [-0.2, 0) is 17.3 Å². The van der Waals surface area contributed by atoms with Crippen LogP contribution in [0.3, 0.4) is 0 Å². The van der Waals surface area contributed by atoms with Crippen molar-refractivity contribution < 1.29 is 36.2 Å². The van der Waals surface area contributed by atoms with Crippen LogP contribution in [0.1, 0.15) is 72.4 Å². The summed E-state index contributed by atoms with van der Waals surface area (Å²) in [6.07, 6.45) is 0. The smallest absolute Gasteiger partial charge is 1.00 e. The van der Waals surface area contributed by atoms with Gasteiger partial charge in [-0.3, -0.25) is 10.4 Å². The van der Waals surface area contributed by atoms with Crippen LogP contribution in [0.5, 0.6) is 0 Å². The first kappa shape index (κ1) is 39.9. The summed E-state index contributed by atoms with van der Waals surface area (Å²) >= 11 is 1.82. The Kier molecular flexibility index (Phi) is 30.9. The van der Waals surface area contributed by atoms with Crippen LogP contribution in [0.2, 0.25) is 0 Å². The summed E-state index contributed by atoms with van der Waals surface area (Å²) in [7, 11) is 7.78. The van der Waals surface area contributed by atoms with E-state index < -0.39 is 0 Å². The van der Waals surface area contributed by atoms with E-state index >= 15 is 0 Å². The van der Waals surface area contributed by atoms with E-state index in [4.69, 9.17) is 0 Å². The number of hydrogen-bond donors (Lipinski definition) is 0. The van der Waals surface area contributed by atoms with Crippen LogP contribution < -0.4 is 18.9 Å². The Bertz CT molecular complexity index is 500. The molecule has 1 rings (SSSR count). The van der Waals surface area contributed by atoms with Gasteiger partial charge in [0.2, 0.25) is 0 Å².